The summed E-state index contributed by atoms with van der Waals surface area (Å²) < 4.78 is 28.5. The number of hydrogen-bond donors (Lipinski definition) is 1. The van der Waals surface area contributed by atoms with Crippen LogP contribution < -0.4 is 5.73 Å². The van der Waals surface area contributed by atoms with Gasteiger partial charge in [-0.15, -0.1) is 0 Å². The van der Waals surface area contributed by atoms with Crippen molar-refractivity contribution in [3.05, 3.63) is 0 Å². The third kappa shape index (κ3) is 5.72. The van der Waals surface area contributed by atoms with Crippen LogP contribution in [0.15, 0.2) is 0 Å². The molecule has 1 saturated heterocycles. The van der Waals surface area contributed by atoms with E-state index >= 15 is 0 Å². The number of halogens is 2. The van der Waals surface area contributed by atoms with Crippen LogP contribution in [0.5, 0.6) is 0 Å². The van der Waals surface area contributed by atoms with Gasteiger partial charge in [-0.1, -0.05) is 0 Å². The number of nitrogens with two attached hydrogens (primary N) is 1. The molecule has 16 heavy (non-hydrogen) atoms. The molecule has 0 spiro atoms. The summed E-state index contributed by atoms with van der Waals surface area (Å²) >= 11 is 0. The molecule has 96 valence electrons. The minimum absolute atomic E-state index is 0.402. The molecule has 0 amide bonds. The summed E-state index contributed by atoms with van der Waals surface area (Å²) in [6, 6.07) is 0. The lowest BCUT2D eigenvalue weighted by Crippen LogP contribution is -2.38. The van der Waals surface area contributed by atoms with Crippen LogP contribution in [0.3, 0.4) is 0 Å². The van der Waals surface area contributed by atoms with Crippen LogP contribution >= 0.6 is 0 Å². The standard InChI is InChI=1S/C11H22F2N2O/c12-11(13)9-16-7-6-15-5-1-2-10(8-15)3-4-14/h10-11H,1-9,14H2. The van der Waals surface area contributed by atoms with Crippen LogP contribution in [0.4, 0.5) is 8.78 Å². The Morgan fingerprint density at radius 2 is 2.25 bits per heavy atom. The van der Waals surface area contributed by atoms with Crippen LogP contribution in [0.1, 0.15) is 19.3 Å². The normalized spacial score (nSPS) is 22.9. The van der Waals surface area contributed by atoms with Crippen molar-refractivity contribution in [1.29, 1.82) is 0 Å². The Balaban J connectivity index is 2.07. The van der Waals surface area contributed by atoms with Gasteiger partial charge in [-0.3, -0.25) is 0 Å². The number of hydrogen-bond acceptors (Lipinski definition) is 3. The summed E-state index contributed by atoms with van der Waals surface area (Å²) in [5.41, 5.74) is 5.53. The first kappa shape index (κ1) is 13.8. The molecule has 0 radical (unpaired) electrons. The zero-order chi connectivity index (χ0) is 11.8. The molecule has 0 aromatic heterocycles. The van der Waals surface area contributed by atoms with Crippen LogP contribution in [0.25, 0.3) is 0 Å². The lowest BCUT2D eigenvalue weighted by Gasteiger charge is -2.32. The highest BCUT2D eigenvalue weighted by Gasteiger charge is 2.18. The summed E-state index contributed by atoms with van der Waals surface area (Å²) in [4.78, 5) is 2.29. The van der Waals surface area contributed by atoms with Gasteiger partial charge in [-0.05, 0) is 38.3 Å². The van der Waals surface area contributed by atoms with E-state index in [4.69, 9.17) is 10.5 Å². The molecule has 1 atom stereocenters. The quantitative estimate of drug-likeness (QED) is 0.678. The number of alkyl halides is 2. The minimum atomic E-state index is -2.36. The van der Waals surface area contributed by atoms with Crippen molar-refractivity contribution < 1.29 is 13.5 Å². The Labute approximate surface area is 95.9 Å². The van der Waals surface area contributed by atoms with Crippen molar-refractivity contribution in [3.63, 3.8) is 0 Å². The van der Waals surface area contributed by atoms with Crippen LogP contribution in [-0.4, -0.2) is 50.7 Å². The van der Waals surface area contributed by atoms with Crippen LogP contribution in [0.2, 0.25) is 0 Å². The molecule has 3 nitrogen and oxygen atoms in total. The Kier molecular flexibility index (Phi) is 6.84. The molecule has 0 saturated carbocycles. The molecule has 0 aliphatic carbocycles. The van der Waals surface area contributed by atoms with E-state index in [1.807, 2.05) is 0 Å². The Hall–Kier alpha value is -0.260. The average Bonchev–Trinajstić information content (AvgIpc) is 2.25. The first-order valence-electron chi connectivity index (χ1n) is 6.00. The Morgan fingerprint density at radius 1 is 1.44 bits per heavy atom. The smallest absolute Gasteiger partial charge is 0.261 e. The molecular weight excluding hydrogens is 214 g/mol. The van der Waals surface area contributed by atoms with Gasteiger partial charge in [0.2, 0.25) is 0 Å². The first-order chi connectivity index (χ1) is 7.72. The fraction of sp³-hybridized carbons (Fsp3) is 1.00. The van der Waals surface area contributed by atoms with Crippen molar-refractivity contribution >= 4 is 0 Å². The van der Waals surface area contributed by atoms with Crippen molar-refractivity contribution in [2.75, 3.05) is 39.4 Å². The summed E-state index contributed by atoms with van der Waals surface area (Å²) in [5, 5.41) is 0. The van der Waals surface area contributed by atoms with Crippen LogP contribution in [-0.2, 0) is 4.74 Å². The van der Waals surface area contributed by atoms with Gasteiger partial charge in [0.25, 0.3) is 6.43 Å². The molecule has 1 rings (SSSR count). The van der Waals surface area contributed by atoms with Gasteiger partial charge in [0.15, 0.2) is 0 Å². The second kappa shape index (κ2) is 7.92. The van der Waals surface area contributed by atoms with Gasteiger partial charge in [-0.25, -0.2) is 8.78 Å². The number of nitrogens with zero attached hydrogens (tertiary/aromatic N) is 1. The van der Waals surface area contributed by atoms with Gasteiger partial charge in [0, 0.05) is 13.1 Å². The topological polar surface area (TPSA) is 38.5 Å². The van der Waals surface area contributed by atoms with E-state index in [1.54, 1.807) is 0 Å². The van der Waals surface area contributed by atoms with Crippen molar-refractivity contribution in [2.24, 2.45) is 11.7 Å². The zero-order valence-corrected chi connectivity index (χ0v) is 9.71. The maximum absolute atomic E-state index is 11.8. The number of rotatable bonds is 7. The highest BCUT2D eigenvalue weighted by atomic mass is 19.3. The molecule has 5 heteroatoms. The highest BCUT2D eigenvalue weighted by molar-refractivity contribution is 4.73. The molecule has 0 aromatic carbocycles. The fourth-order valence-electron chi connectivity index (χ4n) is 2.19. The first-order valence-corrected chi connectivity index (χ1v) is 6.00. The summed E-state index contributed by atoms with van der Waals surface area (Å²) in [7, 11) is 0. The van der Waals surface area contributed by atoms with E-state index in [1.165, 1.54) is 12.8 Å². The maximum atomic E-state index is 11.8. The van der Waals surface area contributed by atoms with Gasteiger partial charge in [0.05, 0.1) is 6.61 Å². The van der Waals surface area contributed by atoms with E-state index in [-0.39, 0.29) is 0 Å². The van der Waals surface area contributed by atoms with Crippen molar-refractivity contribution in [1.82, 2.24) is 4.90 Å². The van der Waals surface area contributed by atoms with Crippen molar-refractivity contribution in [3.8, 4) is 0 Å². The van der Waals surface area contributed by atoms with Gasteiger partial charge in [-0.2, -0.15) is 0 Å². The number of ether oxygens (including phenoxy) is 1. The second-order valence-corrected chi connectivity index (χ2v) is 4.35. The lowest BCUT2D eigenvalue weighted by molar-refractivity contribution is 0.00605. The predicted octanol–water partition coefficient (Wildman–Crippen LogP) is 1.33. The third-order valence-corrected chi connectivity index (χ3v) is 2.97. The van der Waals surface area contributed by atoms with Gasteiger partial charge in [0.1, 0.15) is 6.61 Å². The predicted molar refractivity (Wildman–Crippen MR) is 59.7 cm³/mol. The van der Waals surface area contributed by atoms with E-state index in [9.17, 15) is 8.78 Å². The zero-order valence-electron chi connectivity index (χ0n) is 9.71. The summed E-state index contributed by atoms with van der Waals surface area (Å²) in [6.07, 6.45) is 1.13. The Bertz CT molecular complexity index is 179. The average molecular weight is 236 g/mol. The number of piperidine rings is 1. The molecule has 2 N–H and O–H groups in total. The van der Waals surface area contributed by atoms with E-state index in [0.29, 0.717) is 12.5 Å². The van der Waals surface area contributed by atoms with Crippen molar-refractivity contribution in [2.45, 2.75) is 25.7 Å². The third-order valence-electron chi connectivity index (χ3n) is 2.97. The fourth-order valence-corrected chi connectivity index (χ4v) is 2.19. The SMILES string of the molecule is NCCC1CCCN(CCOCC(F)F)C1. The molecule has 1 heterocycles. The molecule has 1 aliphatic heterocycles. The second-order valence-electron chi connectivity index (χ2n) is 4.35. The monoisotopic (exact) mass is 236 g/mol. The Morgan fingerprint density at radius 3 is 2.94 bits per heavy atom. The largest absolute Gasteiger partial charge is 0.374 e. The maximum Gasteiger partial charge on any atom is 0.261 e. The van der Waals surface area contributed by atoms with Gasteiger partial charge >= 0.3 is 0 Å². The molecule has 1 fully saturated rings. The van der Waals surface area contributed by atoms with E-state index < -0.39 is 13.0 Å². The molecule has 1 unspecified atom stereocenters. The summed E-state index contributed by atoms with van der Waals surface area (Å²) in [6.45, 7) is 3.54. The van der Waals surface area contributed by atoms with Gasteiger partial charge < -0.3 is 15.4 Å². The summed E-state index contributed by atoms with van der Waals surface area (Å²) in [5.74, 6) is 0.675. The van der Waals surface area contributed by atoms with Crippen LogP contribution in [0, 0.1) is 5.92 Å². The lowest BCUT2D eigenvalue weighted by atomic mass is 9.95. The minimum Gasteiger partial charge on any atom is -0.374 e. The molecular formula is C11H22F2N2O. The molecule has 1 aliphatic rings. The van der Waals surface area contributed by atoms with E-state index in [2.05, 4.69) is 4.90 Å². The molecule has 0 bridgehead atoms. The highest BCUT2D eigenvalue weighted by Crippen LogP contribution is 2.18. The van der Waals surface area contributed by atoms with E-state index in [0.717, 1.165) is 32.6 Å². The number of likely N-dealkylation sites (tertiary alicyclic amines) is 1. The molecule has 0 aromatic rings.